The molecule has 0 saturated carbocycles. The van der Waals surface area contributed by atoms with Crippen LogP contribution in [0.1, 0.15) is 48.3 Å². The van der Waals surface area contributed by atoms with Gasteiger partial charge in [0.05, 0.1) is 12.0 Å². The van der Waals surface area contributed by atoms with Crippen LogP contribution in [0.2, 0.25) is 0 Å². The lowest BCUT2D eigenvalue weighted by molar-refractivity contribution is 0.0996. The summed E-state index contributed by atoms with van der Waals surface area (Å²) >= 11 is 1.60. The minimum atomic E-state index is -0.238. The van der Waals surface area contributed by atoms with E-state index in [1.165, 1.54) is 17.6 Å². The number of fused-ring (bicyclic) bond motifs is 1. The van der Waals surface area contributed by atoms with Crippen LogP contribution in [0.4, 0.5) is 5.13 Å². The Labute approximate surface area is 128 Å². The average molecular weight is 304 g/mol. The van der Waals surface area contributed by atoms with Gasteiger partial charge < -0.3 is 4.42 Å². The Balaban J connectivity index is 1.73. The molecule has 2 heterocycles. The molecular weight excluding hydrogens is 284 g/mol. The van der Waals surface area contributed by atoms with E-state index < -0.39 is 0 Å². The Hall–Kier alpha value is -1.62. The van der Waals surface area contributed by atoms with E-state index in [9.17, 15) is 4.79 Å². The zero-order chi connectivity index (χ0) is 15.0. The topological polar surface area (TPSA) is 55.1 Å². The van der Waals surface area contributed by atoms with Crippen LogP contribution in [0.15, 0.2) is 22.8 Å². The summed E-state index contributed by atoms with van der Waals surface area (Å²) in [6.45, 7) is 6.88. The van der Waals surface area contributed by atoms with Crippen molar-refractivity contribution in [1.29, 1.82) is 0 Å². The molecule has 0 radical (unpaired) electrons. The third-order valence-electron chi connectivity index (χ3n) is 4.13. The summed E-state index contributed by atoms with van der Waals surface area (Å²) in [7, 11) is 0. The van der Waals surface area contributed by atoms with E-state index in [1.807, 2.05) is 0 Å². The van der Waals surface area contributed by atoms with E-state index in [-0.39, 0.29) is 5.91 Å². The summed E-state index contributed by atoms with van der Waals surface area (Å²) in [6.07, 6.45) is 4.74. The quantitative estimate of drug-likeness (QED) is 0.907. The number of aryl methyl sites for hydroxylation is 1. The SMILES string of the molecule is CC(C)(C)C1CCc2nc(NC(=O)c3ccco3)sc2C1. The van der Waals surface area contributed by atoms with Crippen LogP contribution in [0.25, 0.3) is 0 Å². The highest BCUT2D eigenvalue weighted by atomic mass is 32.1. The molecule has 0 saturated heterocycles. The molecule has 0 spiro atoms. The summed E-state index contributed by atoms with van der Waals surface area (Å²) in [5.41, 5.74) is 1.47. The number of hydrogen-bond acceptors (Lipinski definition) is 4. The number of nitrogens with one attached hydrogen (secondary N) is 1. The number of aromatic nitrogens is 1. The fraction of sp³-hybridized carbons (Fsp3) is 0.500. The lowest BCUT2D eigenvalue weighted by Crippen LogP contribution is -2.26. The largest absolute Gasteiger partial charge is 0.459 e. The first-order valence-corrected chi connectivity index (χ1v) is 8.08. The van der Waals surface area contributed by atoms with E-state index in [2.05, 4.69) is 31.1 Å². The van der Waals surface area contributed by atoms with Gasteiger partial charge in [-0.05, 0) is 42.7 Å². The van der Waals surface area contributed by atoms with Gasteiger partial charge in [-0.3, -0.25) is 10.1 Å². The van der Waals surface area contributed by atoms with Gasteiger partial charge in [0, 0.05) is 4.88 Å². The van der Waals surface area contributed by atoms with Gasteiger partial charge in [0.2, 0.25) is 0 Å². The Kier molecular flexibility index (Phi) is 3.61. The molecule has 1 aliphatic rings. The predicted octanol–water partition coefficient (Wildman–Crippen LogP) is 4.14. The molecule has 5 heteroatoms. The number of amides is 1. The van der Waals surface area contributed by atoms with Crippen molar-refractivity contribution in [1.82, 2.24) is 4.98 Å². The first-order chi connectivity index (χ1) is 9.93. The molecule has 0 bridgehead atoms. The Morgan fingerprint density at radius 3 is 2.95 bits per heavy atom. The molecule has 0 aromatic carbocycles. The molecule has 3 rings (SSSR count). The first kappa shape index (κ1) is 14.3. The number of carbonyl (C=O) groups excluding carboxylic acids is 1. The highest BCUT2D eigenvalue weighted by molar-refractivity contribution is 7.15. The van der Waals surface area contributed by atoms with Gasteiger partial charge in [-0.25, -0.2) is 4.98 Å². The highest BCUT2D eigenvalue weighted by Crippen LogP contribution is 2.40. The van der Waals surface area contributed by atoms with E-state index in [0.717, 1.165) is 18.5 Å². The Morgan fingerprint density at radius 2 is 2.29 bits per heavy atom. The fourth-order valence-corrected chi connectivity index (χ4v) is 3.82. The maximum Gasteiger partial charge on any atom is 0.293 e. The predicted molar refractivity (Wildman–Crippen MR) is 83.7 cm³/mol. The second-order valence-electron chi connectivity index (χ2n) is 6.63. The molecule has 21 heavy (non-hydrogen) atoms. The maximum atomic E-state index is 12.0. The van der Waals surface area contributed by atoms with Crippen LogP contribution in [0, 0.1) is 11.3 Å². The molecular formula is C16H20N2O2S. The van der Waals surface area contributed by atoms with E-state index in [0.29, 0.717) is 22.2 Å². The third kappa shape index (κ3) is 3.02. The van der Waals surface area contributed by atoms with Gasteiger partial charge in [0.1, 0.15) is 0 Å². The summed E-state index contributed by atoms with van der Waals surface area (Å²) in [5, 5.41) is 3.51. The number of thiazole rings is 1. The van der Waals surface area contributed by atoms with Crippen molar-refractivity contribution in [2.45, 2.75) is 40.0 Å². The zero-order valence-electron chi connectivity index (χ0n) is 12.6. The molecule has 1 N–H and O–H groups in total. The van der Waals surface area contributed by atoms with Crippen molar-refractivity contribution in [2.24, 2.45) is 11.3 Å². The summed E-state index contributed by atoms with van der Waals surface area (Å²) in [4.78, 5) is 17.9. The van der Waals surface area contributed by atoms with Crippen molar-refractivity contribution in [3.05, 3.63) is 34.7 Å². The summed E-state index contributed by atoms with van der Waals surface area (Å²) < 4.78 is 5.10. The number of hydrogen-bond donors (Lipinski definition) is 1. The van der Waals surface area contributed by atoms with E-state index in [4.69, 9.17) is 4.42 Å². The Morgan fingerprint density at radius 1 is 1.48 bits per heavy atom. The maximum absolute atomic E-state index is 12.0. The molecule has 1 unspecified atom stereocenters. The van der Waals surface area contributed by atoms with Gasteiger partial charge in [-0.1, -0.05) is 20.8 Å². The normalized spacial score (nSPS) is 18.3. The Bertz CT molecular complexity index is 638. The number of furan rings is 1. The smallest absolute Gasteiger partial charge is 0.293 e. The minimum Gasteiger partial charge on any atom is -0.459 e. The zero-order valence-corrected chi connectivity index (χ0v) is 13.4. The van der Waals surface area contributed by atoms with Gasteiger partial charge in [0.25, 0.3) is 5.91 Å². The second-order valence-corrected chi connectivity index (χ2v) is 7.71. The van der Waals surface area contributed by atoms with Gasteiger partial charge in [0.15, 0.2) is 10.9 Å². The van der Waals surface area contributed by atoms with Crippen molar-refractivity contribution in [3.8, 4) is 0 Å². The van der Waals surface area contributed by atoms with Crippen molar-refractivity contribution in [2.75, 3.05) is 5.32 Å². The van der Waals surface area contributed by atoms with Crippen molar-refractivity contribution in [3.63, 3.8) is 0 Å². The molecule has 2 aromatic rings. The molecule has 1 amide bonds. The lowest BCUT2D eigenvalue weighted by atomic mass is 9.73. The van der Waals surface area contributed by atoms with Crippen LogP contribution in [0.5, 0.6) is 0 Å². The van der Waals surface area contributed by atoms with Crippen LogP contribution < -0.4 is 5.32 Å². The van der Waals surface area contributed by atoms with Gasteiger partial charge in [-0.15, -0.1) is 11.3 Å². The fourth-order valence-electron chi connectivity index (χ4n) is 2.73. The van der Waals surface area contributed by atoms with Crippen LogP contribution in [0.3, 0.4) is 0 Å². The average Bonchev–Trinajstić information content (AvgIpc) is 3.05. The number of carbonyl (C=O) groups is 1. The molecule has 1 aliphatic carbocycles. The number of anilines is 1. The third-order valence-corrected chi connectivity index (χ3v) is 5.17. The van der Waals surface area contributed by atoms with E-state index >= 15 is 0 Å². The molecule has 1 atom stereocenters. The van der Waals surface area contributed by atoms with E-state index in [1.54, 1.807) is 23.5 Å². The minimum absolute atomic E-state index is 0.238. The summed E-state index contributed by atoms with van der Waals surface area (Å²) in [6, 6.07) is 3.36. The molecule has 2 aromatic heterocycles. The molecule has 112 valence electrons. The second kappa shape index (κ2) is 5.30. The highest BCUT2D eigenvalue weighted by Gasteiger charge is 2.30. The van der Waals surface area contributed by atoms with Crippen molar-refractivity contribution >= 4 is 22.4 Å². The lowest BCUT2D eigenvalue weighted by Gasteiger charge is -2.33. The van der Waals surface area contributed by atoms with Crippen LogP contribution in [-0.2, 0) is 12.8 Å². The monoisotopic (exact) mass is 304 g/mol. The number of rotatable bonds is 2. The summed E-state index contributed by atoms with van der Waals surface area (Å²) in [5.74, 6) is 0.758. The van der Waals surface area contributed by atoms with Crippen molar-refractivity contribution < 1.29 is 9.21 Å². The van der Waals surface area contributed by atoms with Gasteiger partial charge in [-0.2, -0.15) is 0 Å². The van der Waals surface area contributed by atoms with Crippen LogP contribution in [-0.4, -0.2) is 10.9 Å². The standard InChI is InChI=1S/C16H20N2O2S/c1-16(2,3)10-6-7-11-13(9-10)21-15(17-11)18-14(19)12-5-4-8-20-12/h4-5,8,10H,6-7,9H2,1-3H3,(H,17,18,19). The number of nitrogens with zero attached hydrogens (tertiary/aromatic N) is 1. The molecule has 4 nitrogen and oxygen atoms in total. The molecule has 0 fully saturated rings. The van der Waals surface area contributed by atoms with Gasteiger partial charge >= 0.3 is 0 Å². The van der Waals surface area contributed by atoms with Crippen LogP contribution >= 0.6 is 11.3 Å². The first-order valence-electron chi connectivity index (χ1n) is 7.27. The molecule has 0 aliphatic heterocycles.